The Bertz CT molecular complexity index is 2380. The van der Waals surface area contributed by atoms with Gasteiger partial charge in [-0.1, -0.05) is 146 Å². The molecule has 0 saturated carbocycles. The van der Waals surface area contributed by atoms with Gasteiger partial charge in [0.1, 0.15) is 0 Å². The van der Waals surface area contributed by atoms with Crippen molar-refractivity contribution in [1.82, 2.24) is 0 Å². The molecule has 0 saturated heterocycles. The SMILES string of the molecule is O=C(c1ccccc1)c1sc(-c2cccc3c2Cc2ccccc2-3)c(C(=O)c2ccccc2)c1-c1cccc2c1Cc1ccccc1-2. The minimum absolute atomic E-state index is 0.0667. The molecule has 0 atom stereocenters. The number of ketones is 2. The number of benzene rings is 6. The lowest BCUT2D eigenvalue weighted by atomic mass is 9.86. The summed E-state index contributed by atoms with van der Waals surface area (Å²) < 4.78 is 0. The lowest BCUT2D eigenvalue weighted by molar-refractivity contribution is 0.103. The zero-order valence-electron chi connectivity index (χ0n) is 25.5. The summed E-state index contributed by atoms with van der Waals surface area (Å²) in [6.07, 6.45) is 1.53. The molecule has 1 heterocycles. The Morgan fingerprint density at radius 3 is 1.47 bits per heavy atom. The highest BCUT2D eigenvalue weighted by molar-refractivity contribution is 7.18. The van der Waals surface area contributed by atoms with Crippen LogP contribution in [0.15, 0.2) is 146 Å². The smallest absolute Gasteiger partial charge is 0.203 e. The van der Waals surface area contributed by atoms with Gasteiger partial charge in [-0.25, -0.2) is 0 Å². The van der Waals surface area contributed by atoms with E-state index in [0.717, 1.165) is 45.5 Å². The lowest BCUT2D eigenvalue weighted by Crippen LogP contribution is -2.07. The maximum Gasteiger partial charge on any atom is 0.203 e. The third kappa shape index (κ3) is 4.39. The molecule has 9 rings (SSSR count). The first-order valence-corrected chi connectivity index (χ1v) is 16.8. The summed E-state index contributed by atoms with van der Waals surface area (Å²) in [5.41, 5.74) is 14.2. The van der Waals surface area contributed by atoms with Crippen molar-refractivity contribution >= 4 is 22.9 Å². The average molecular weight is 621 g/mol. The van der Waals surface area contributed by atoms with Gasteiger partial charge in [0.2, 0.25) is 5.78 Å². The van der Waals surface area contributed by atoms with E-state index in [9.17, 15) is 9.59 Å². The molecule has 47 heavy (non-hydrogen) atoms. The van der Waals surface area contributed by atoms with Crippen molar-refractivity contribution in [2.75, 3.05) is 0 Å². The van der Waals surface area contributed by atoms with E-state index < -0.39 is 0 Å². The van der Waals surface area contributed by atoms with Crippen LogP contribution in [0.3, 0.4) is 0 Å². The standard InChI is InChI=1S/C44H28O2S/c45-41(27-13-3-1-4-14-27)40-39(35-23-11-21-33-31-19-9-7-17-29(31)25-37(33)35)44(42(46)28-15-5-2-6-16-28)47-43(40)36-24-12-22-34-32-20-10-8-18-30(32)26-38(34)36/h1-24H,25-26H2. The number of fused-ring (bicyclic) bond motifs is 6. The van der Waals surface area contributed by atoms with Crippen molar-refractivity contribution in [3.8, 4) is 43.8 Å². The second-order valence-electron chi connectivity index (χ2n) is 12.2. The van der Waals surface area contributed by atoms with E-state index in [1.54, 1.807) is 0 Å². The Balaban J connectivity index is 1.37. The topological polar surface area (TPSA) is 34.1 Å². The van der Waals surface area contributed by atoms with Crippen LogP contribution in [0.1, 0.15) is 53.4 Å². The maximum absolute atomic E-state index is 14.9. The Kier molecular flexibility index (Phi) is 6.48. The van der Waals surface area contributed by atoms with Gasteiger partial charge < -0.3 is 0 Å². The van der Waals surface area contributed by atoms with Crippen LogP contribution in [-0.2, 0) is 12.8 Å². The first-order chi connectivity index (χ1) is 23.2. The normalized spacial score (nSPS) is 12.3. The molecule has 3 heteroatoms. The molecular formula is C44H28O2S. The number of carbonyl (C=O) groups excluding carboxylic acids is 2. The Labute approximate surface area is 277 Å². The molecule has 0 radical (unpaired) electrons. The number of carbonyl (C=O) groups is 2. The van der Waals surface area contributed by atoms with Crippen molar-refractivity contribution in [3.63, 3.8) is 0 Å². The summed E-state index contributed by atoms with van der Waals surface area (Å²) in [7, 11) is 0. The molecule has 2 aliphatic rings. The summed E-state index contributed by atoms with van der Waals surface area (Å²) in [4.78, 5) is 31.0. The van der Waals surface area contributed by atoms with Gasteiger partial charge in [-0.05, 0) is 68.5 Å². The number of hydrogen-bond acceptors (Lipinski definition) is 3. The highest BCUT2D eigenvalue weighted by atomic mass is 32.1. The van der Waals surface area contributed by atoms with E-state index in [2.05, 4.69) is 84.9 Å². The highest BCUT2D eigenvalue weighted by Crippen LogP contribution is 2.51. The zero-order valence-corrected chi connectivity index (χ0v) is 26.3. The van der Waals surface area contributed by atoms with Gasteiger partial charge in [0.05, 0.1) is 4.88 Å². The fourth-order valence-electron chi connectivity index (χ4n) is 7.47. The van der Waals surface area contributed by atoms with Crippen LogP contribution in [-0.4, -0.2) is 11.6 Å². The Hall–Kier alpha value is -5.64. The molecule has 0 spiro atoms. The lowest BCUT2D eigenvalue weighted by Gasteiger charge is -2.14. The number of thiophene rings is 1. The summed E-state index contributed by atoms with van der Waals surface area (Å²) in [6, 6.07) is 48.7. The van der Waals surface area contributed by atoms with E-state index in [0.29, 0.717) is 21.6 Å². The molecule has 1 aromatic heterocycles. The van der Waals surface area contributed by atoms with Crippen LogP contribution in [0.4, 0.5) is 0 Å². The van der Waals surface area contributed by atoms with Crippen LogP contribution in [0.5, 0.6) is 0 Å². The maximum atomic E-state index is 14.9. The quantitative estimate of drug-likeness (QED) is 0.173. The van der Waals surface area contributed by atoms with E-state index in [1.807, 2.05) is 60.7 Å². The van der Waals surface area contributed by atoms with Crippen molar-refractivity contribution in [3.05, 3.63) is 189 Å². The zero-order chi connectivity index (χ0) is 31.5. The van der Waals surface area contributed by atoms with E-state index in [4.69, 9.17) is 0 Å². The Morgan fingerprint density at radius 2 is 0.872 bits per heavy atom. The predicted octanol–water partition coefficient (Wildman–Crippen LogP) is 10.7. The van der Waals surface area contributed by atoms with Gasteiger partial charge in [0.25, 0.3) is 0 Å². The number of rotatable bonds is 6. The second kappa shape index (κ2) is 11.0. The van der Waals surface area contributed by atoms with Gasteiger partial charge in [-0.3, -0.25) is 9.59 Å². The molecule has 0 amide bonds. The first kappa shape index (κ1) is 27.7. The summed E-state index contributed by atoms with van der Waals surface area (Å²) >= 11 is 1.46. The number of hydrogen-bond donors (Lipinski definition) is 0. The Morgan fingerprint density at radius 1 is 0.426 bits per heavy atom. The van der Waals surface area contributed by atoms with E-state index in [1.165, 1.54) is 44.7 Å². The molecule has 0 unspecified atom stereocenters. The fourth-order valence-corrected chi connectivity index (χ4v) is 8.80. The van der Waals surface area contributed by atoms with Crippen LogP contribution >= 0.6 is 11.3 Å². The van der Waals surface area contributed by atoms with Crippen LogP contribution < -0.4 is 0 Å². The summed E-state index contributed by atoms with van der Waals surface area (Å²) in [5.74, 6) is -0.136. The molecule has 222 valence electrons. The average Bonchev–Trinajstić information content (AvgIpc) is 3.83. The van der Waals surface area contributed by atoms with Gasteiger partial charge in [0.15, 0.2) is 5.78 Å². The molecule has 2 aliphatic carbocycles. The van der Waals surface area contributed by atoms with Crippen molar-refractivity contribution in [2.45, 2.75) is 12.8 Å². The molecule has 0 bridgehead atoms. The van der Waals surface area contributed by atoms with Crippen molar-refractivity contribution in [2.24, 2.45) is 0 Å². The van der Waals surface area contributed by atoms with Gasteiger partial charge in [-0.2, -0.15) is 0 Å². The first-order valence-electron chi connectivity index (χ1n) is 15.9. The molecular weight excluding hydrogens is 593 g/mol. The van der Waals surface area contributed by atoms with Crippen molar-refractivity contribution in [1.29, 1.82) is 0 Å². The minimum Gasteiger partial charge on any atom is -0.289 e. The minimum atomic E-state index is -0.0693. The molecule has 7 aromatic rings. The van der Waals surface area contributed by atoms with Crippen LogP contribution in [0, 0.1) is 0 Å². The van der Waals surface area contributed by atoms with E-state index in [-0.39, 0.29) is 11.6 Å². The van der Waals surface area contributed by atoms with Gasteiger partial charge in [-0.15, -0.1) is 11.3 Å². The van der Waals surface area contributed by atoms with Crippen LogP contribution in [0.2, 0.25) is 0 Å². The molecule has 2 nitrogen and oxygen atoms in total. The van der Waals surface area contributed by atoms with Gasteiger partial charge in [0, 0.05) is 27.1 Å². The molecule has 0 N–H and O–H groups in total. The third-order valence-electron chi connectivity index (χ3n) is 9.63. The van der Waals surface area contributed by atoms with Crippen LogP contribution in [0.25, 0.3) is 43.8 Å². The molecule has 0 aliphatic heterocycles. The van der Waals surface area contributed by atoms with Crippen molar-refractivity contribution < 1.29 is 9.59 Å². The molecule has 6 aromatic carbocycles. The second-order valence-corrected chi connectivity index (χ2v) is 13.3. The van der Waals surface area contributed by atoms with E-state index >= 15 is 0 Å². The predicted molar refractivity (Wildman–Crippen MR) is 191 cm³/mol. The third-order valence-corrected chi connectivity index (χ3v) is 10.9. The monoisotopic (exact) mass is 620 g/mol. The fraction of sp³-hybridized carbons (Fsp3) is 0.0455. The van der Waals surface area contributed by atoms with Gasteiger partial charge >= 0.3 is 0 Å². The molecule has 0 fully saturated rings. The summed E-state index contributed by atoms with van der Waals surface area (Å²) in [6.45, 7) is 0. The summed E-state index contributed by atoms with van der Waals surface area (Å²) in [5, 5.41) is 0. The highest BCUT2D eigenvalue weighted by Gasteiger charge is 2.34. The largest absolute Gasteiger partial charge is 0.289 e.